The summed E-state index contributed by atoms with van der Waals surface area (Å²) in [5, 5.41) is 3.26. The molecule has 22 heavy (non-hydrogen) atoms. The van der Waals surface area contributed by atoms with Crippen LogP contribution in [0.1, 0.15) is 12.0 Å². The van der Waals surface area contributed by atoms with Crippen molar-refractivity contribution >= 4 is 35.3 Å². The summed E-state index contributed by atoms with van der Waals surface area (Å²) in [4.78, 5) is 26.0. The maximum Gasteiger partial charge on any atom is 0.325 e. The van der Waals surface area contributed by atoms with Crippen molar-refractivity contribution in [2.45, 2.75) is 18.5 Å². The number of fused-ring (bicyclic) bond motifs is 1. The van der Waals surface area contributed by atoms with Crippen molar-refractivity contribution in [2.24, 2.45) is 0 Å². The third-order valence-corrected chi connectivity index (χ3v) is 5.57. The lowest BCUT2D eigenvalue weighted by Crippen LogP contribution is -2.46. The van der Waals surface area contributed by atoms with Gasteiger partial charge in [0.15, 0.2) is 11.5 Å². The fraction of sp³-hybridized carbons (Fsp3) is 0.429. The predicted octanol–water partition coefficient (Wildman–Crippen LogP) is 2.00. The standard InChI is InChI=1S/C14H13ClN2O4S/c15-9-3-8(4-10-11(9)21-7-20-10)5-17-12(18)14(16-13(17)19)1-2-22-6-14/h3-4H,1-2,5-7H2,(H,16,19)/t14-/m1/s1. The molecule has 0 bridgehead atoms. The predicted molar refractivity (Wildman–Crippen MR) is 81.3 cm³/mol. The molecule has 3 heterocycles. The highest BCUT2D eigenvalue weighted by atomic mass is 35.5. The molecule has 6 nitrogen and oxygen atoms in total. The second-order valence-electron chi connectivity index (χ2n) is 5.52. The van der Waals surface area contributed by atoms with E-state index in [-0.39, 0.29) is 25.3 Å². The number of amides is 3. The van der Waals surface area contributed by atoms with E-state index in [1.807, 2.05) is 0 Å². The van der Waals surface area contributed by atoms with Gasteiger partial charge in [0.25, 0.3) is 5.91 Å². The molecule has 2 fully saturated rings. The minimum absolute atomic E-state index is 0.127. The van der Waals surface area contributed by atoms with Crippen molar-refractivity contribution in [2.75, 3.05) is 18.3 Å². The quantitative estimate of drug-likeness (QED) is 0.834. The van der Waals surface area contributed by atoms with Crippen molar-refractivity contribution in [3.63, 3.8) is 0 Å². The number of nitrogens with zero attached hydrogens (tertiary/aromatic N) is 1. The largest absolute Gasteiger partial charge is 0.454 e. The molecule has 1 aromatic rings. The molecule has 2 saturated heterocycles. The van der Waals surface area contributed by atoms with Gasteiger partial charge in [-0.05, 0) is 29.9 Å². The zero-order valence-electron chi connectivity index (χ0n) is 11.6. The Bertz CT molecular complexity index is 675. The number of rotatable bonds is 2. The molecule has 0 aromatic heterocycles. The summed E-state index contributed by atoms with van der Waals surface area (Å²) in [6.07, 6.45) is 0.681. The van der Waals surface area contributed by atoms with Gasteiger partial charge in [0.1, 0.15) is 5.54 Å². The number of carbonyl (C=O) groups excluding carboxylic acids is 2. The van der Waals surface area contributed by atoms with Crippen molar-refractivity contribution in [1.29, 1.82) is 0 Å². The number of halogens is 1. The summed E-state index contributed by atoms with van der Waals surface area (Å²) in [6, 6.07) is 3.11. The summed E-state index contributed by atoms with van der Waals surface area (Å²) >= 11 is 7.82. The van der Waals surface area contributed by atoms with Gasteiger partial charge in [-0.1, -0.05) is 11.6 Å². The Kier molecular flexibility index (Phi) is 3.16. The van der Waals surface area contributed by atoms with E-state index < -0.39 is 5.54 Å². The summed E-state index contributed by atoms with van der Waals surface area (Å²) < 4.78 is 10.6. The van der Waals surface area contributed by atoms with Crippen molar-refractivity contribution in [3.05, 3.63) is 22.7 Å². The Balaban J connectivity index is 1.60. The molecule has 0 aliphatic carbocycles. The molecule has 1 aromatic carbocycles. The van der Waals surface area contributed by atoms with E-state index in [2.05, 4.69) is 5.32 Å². The van der Waals surface area contributed by atoms with Crippen molar-refractivity contribution in [3.8, 4) is 11.5 Å². The first-order chi connectivity index (χ1) is 10.6. The number of hydrogen-bond acceptors (Lipinski definition) is 5. The Labute approximate surface area is 136 Å². The second kappa shape index (κ2) is 4.96. The smallest absolute Gasteiger partial charge is 0.325 e. The van der Waals surface area contributed by atoms with Gasteiger partial charge < -0.3 is 14.8 Å². The maximum absolute atomic E-state index is 12.6. The maximum atomic E-state index is 12.6. The van der Waals surface area contributed by atoms with Crippen LogP contribution in [-0.2, 0) is 11.3 Å². The van der Waals surface area contributed by atoms with E-state index in [1.165, 1.54) is 4.90 Å². The van der Waals surface area contributed by atoms with Crippen LogP contribution in [0.3, 0.4) is 0 Å². The molecule has 1 atom stereocenters. The summed E-state index contributed by atoms with van der Waals surface area (Å²) in [5.74, 6) is 2.41. The second-order valence-corrected chi connectivity index (χ2v) is 7.03. The first-order valence-electron chi connectivity index (χ1n) is 6.89. The third kappa shape index (κ3) is 2.03. The van der Waals surface area contributed by atoms with E-state index in [0.717, 1.165) is 11.3 Å². The van der Waals surface area contributed by atoms with E-state index in [4.69, 9.17) is 21.1 Å². The van der Waals surface area contributed by atoms with Crippen LogP contribution in [0.5, 0.6) is 11.5 Å². The summed E-state index contributed by atoms with van der Waals surface area (Å²) in [7, 11) is 0. The molecule has 3 amide bonds. The zero-order valence-corrected chi connectivity index (χ0v) is 13.1. The Morgan fingerprint density at radius 1 is 1.36 bits per heavy atom. The lowest BCUT2D eigenvalue weighted by Gasteiger charge is -2.19. The Hall–Kier alpha value is -1.60. The van der Waals surface area contributed by atoms with Gasteiger partial charge in [-0.15, -0.1) is 0 Å². The fourth-order valence-electron chi connectivity index (χ4n) is 2.95. The molecule has 3 aliphatic rings. The van der Waals surface area contributed by atoms with Crippen LogP contribution in [0.4, 0.5) is 4.79 Å². The normalized spacial score (nSPS) is 26.1. The van der Waals surface area contributed by atoms with Gasteiger partial charge in [-0.2, -0.15) is 11.8 Å². The number of imide groups is 1. The van der Waals surface area contributed by atoms with E-state index in [1.54, 1.807) is 23.9 Å². The third-order valence-electron chi connectivity index (χ3n) is 4.10. The summed E-state index contributed by atoms with van der Waals surface area (Å²) in [5.41, 5.74) is 0.0162. The Morgan fingerprint density at radius 2 is 2.23 bits per heavy atom. The monoisotopic (exact) mass is 340 g/mol. The number of benzene rings is 1. The number of ether oxygens (including phenoxy) is 2. The number of thioether (sulfide) groups is 1. The lowest BCUT2D eigenvalue weighted by atomic mass is 9.99. The van der Waals surface area contributed by atoms with Crippen LogP contribution >= 0.6 is 23.4 Å². The van der Waals surface area contributed by atoms with E-state index >= 15 is 0 Å². The topological polar surface area (TPSA) is 67.9 Å². The van der Waals surface area contributed by atoms with Gasteiger partial charge in [0.2, 0.25) is 6.79 Å². The Morgan fingerprint density at radius 3 is 3.00 bits per heavy atom. The van der Waals surface area contributed by atoms with E-state index in [9.17, 15) is 9.59 Å². The van der Waals surface area contributed by atoms with Crippen LogP contribution in [0.15, 0.2) is 12.1 Å². The minimum Gasteiger partial charge on any atom is -0.454 e. The van der Waals surface area contributed by atoms with Gasteiger partial charge in [0.05, 0.1) is 11.6 Å². The van der Waals surface area contributed by atoms with Crippen LogP contribution in [0.2, 0.25) is 5.02 Å². The average Bonchev–Trinajstić information content (AvgIpc) is 3.17. The number of hydrogen-bond donors (Lipinski definition) is 1. The zero-order chi connectivity index (χ0) is 15.3. The van der Waals surface area contributed by atoms with Gasteiger partial charge in [-0.25, -0.2) is 4.79 Å². The highest BCUT2D eigenvalue weighted by molar-refractivity contribution is 7.99. The first kappa shape index (κ1) is 14.0. The number of nitrogens with one attached hydrogen (secondary N) is 1. The lowest BCUT2D eigenvalue weighted by molar-refractivity contribution is -0.130. The molecule has 4 rings (SSSR count). The van der Waals surface area contributed by atoms with Crippen molar-refractivity contribution in [1.82, 2.24) is 10.2 Å². The highest BCUT2D eigenvalue weighted by Gasteiger charge is 2.52. The van der Waals surface area contributed by atoms with Crippen LogP contribution < -0.4 is 14.8 Å². The number of carbonyl (C=O) groups is 2. The number of urea groups is 1. The first-order valence-corrected chi connectivity index (χ1v) is 8.42. The molecule has 3 aliphatic heterocycles. The molecule has 0 radical (unpaired) electrons. The van der Waals surface area contributed by atoms with Crippen LogP contribution in [0, 0.1) is 0 Å². The van der Waals surface area contributed by atoms with E-state index in [0.29, 0.717) is 28.7 Å². The van der Waals surface area contributed by atoms with Gasteiger partial charge in [0, 0.05) is 5.75 Å². The molecule has 1 N–H and O–H groups in total. The molecular weight excluding hydrogens is 328 g/mol. The van der Waals surface area contributed by atoms with Crippen LogP contribution in [0.25, 0.3) is 0 Å². The minimum atomic E-state index is -0.720. The molecule has 8 heteroatoms. The SMILES string of the molecule is O=C1N[C@@]2(CCSC2)C(=O)N1Cc1cc(Cl)c2c(c1)OCO2. The molecule has 1 spiro atoms. The van der Waals surface area contributed by atoms with Gasteiger partial charge >= 0.3 is 6.03 Å². The fourth-order valence-corrected chi connectivity index (χ4v) is 4.56. The highest BCUT2D eigenvalue weighted by Crippen LogP contribution is 2.40. The molecule has 0 unspecified atom stereocenters. The van der Waals surface area contributed by atoms with Crippen molar-refractivity contribution < 1.29 is 19.1 Å². The summed E-state index contributed by atoms with van der Waals surface area (Å²) in [6.45, 7) is 0.301. The molecule has 0 saturated carbocycles. The van der Waals surface area contributed by atoms with Gasteiger partial charge in [-0.3, -0.25) is 9.69 Å². The van der Waals surface area contributed by atoms with Crippen LogP contribution in [-0.4, -0.2) is 40.7 Å². The average molecular weight is 341 g/mol. The molecular formula is C14H13ClN2O4S. The molecule has 116 valence electrons.